The molecule has 0 amide bonds. The number of anilines is 1. The molecule has 0 N–H and O–H groups in total. The van der Waals surface area contributed by atoms with Crippen LogP contribution in [0, 0.1) is 0 Å². The van der Waals surface area contributed by atoms with Crippen LogP contribution in [0.15, 0.2) is 18.2 Å². The molecule has 1 fully saturated rings. The zero-order valence-electron chi connectivity index (χ0n) is 12.5. The SMILES string of the molecule is CCN(CC)C1CCN(c2ccc(C(C)=O)c(Cl)c2)C1. The van der Waals surface area contributed by atoms with Gasteiger partial charge in [-0.25, -0.2) is 0 Å². The molecular formula is C16H23ClN2O. The number of Topliss-reactive ketones (excluding diaryl/α,β-unsaturated/α-hetero) is 1. The highest BCUT2D eigenvalue weighted by Crippen LogP contribution is 2.28. The molecule has 0 bridgehead atoms. The minimum absolute atomic E-state index is 0.0176. The number of nitrogens with zero attached hydrogens (tertiary/aromatic N) is 2. The van der Waals surface area contributed by atoms with Crippen molar-refractivity contribution >= 4 is 23.1 Å². The van der Waals surface area contributed by atoms with Gasteiger partial charge in [0.2, 0.25) is 0 Å². The van der Waals surface area contributed by atoms with Gasteiger partial charge in [0.1, 0.15) is 0 Å². The number of halogens is 1. The number of hydrogen-bond acceptors (Lipinski definition) is 3. The first-order valence-corrected chi connectivity index (χ1v) is 7.74. The highest BCUT2D eigenvalue weighted by molar-refractivity contribution is 6.34. The Morgan fingerprint density at radius 3 is 2.65 bits per heavy atom. The molecule has 1 aromatic carbocycles. The normalized spacial score (nSPS) is 18.9. The molecule has 1 heterocycles. The summed E-state index contributed by atoms with van der Waals surface area (Å²) < 4.78 is 0. The van der Waals surface area contributed by atoms with Crippen LogP contribution in [0.2, 0.25) is 5.02 Å². The van der Waals surface area contributed by atoms with Crippen LogP contribution >= 0.6 is 11.6 Å². The molecule has 0 saturated carbocycles. The minimum atomic E-state index is 0.0176. The standard InChI is InChI=1S/C16H23ClN2O/c1-4-18(5-2)14-8-9-19(11-14)13-6-7-15(12(3)20)16(17)10-13/h6-7,10,14H,4-5,8-9,11H2,1-3H3. The van der Waals surface area contributed by atoms with Crippen LogP contribution < -0.4 is 4.90 Å². The first-order valence-electron chi connectivity index (χ1n) is 7.36. The van der Waals surface area contributed by atoms with Crippen molar-refractivity contribution in [2.45, 2.75) is 33.2 Å². The number of carbonyl (C=O) groups excluding carboxylic acids is 1. The Labute approximate surface area is 126 Å². The van der Waals surface area contributed by atoms with Crippen molar-refractivity contribution in [2.24, 2.45) is 0 Å². The second-order valence-electron chi connectivity index (χ2n) is 5.33. The summed E-state index contributed by atoms with van der Waals surface area (Å²) in [5.41, 5.74) is 1.73. The summed E-state index contributed by atoms with van der Waals surface area (Å²) in [5.74, 6) is 0.0176. The number of rotatable bonds is 5. The molecule has 1 aliphatic rings. The number of likely N-dealkylation sites (N-methyl/N-ethyl adjacent to an activating group) is 1. The molecule has 110 valence electrons. The molecule has 1 unspecified atom stereocenters. The second-order valence-corrected chi connectivity index (χ2v) is 5.74. The minimum Gasteiger partial charge on any atom is -0.370 e. The quantitative estimate of drug-likeness (QED) is 0.777. The van der Waals surface area contributed by atoms with Crippen molar-refractivity contribution in [1.29, 1.82) is 0 Å². The third-order valence-corrected chi connectivity index (χ3v) is 4.50. The van der Waals surface area contributed by atoms with E-state index in [0.717, 1.165) is 31.9 Å². The average molecular weight is 295 g/mol. The number of ketones is 1. The van der Waals surface area contributed by atoms with Gasteiger partial charge in [-0.05, 0) is 44.6 Å². The fourth-order valence-corrected chi connectivity index (χ4v) is 3.31. The molecule has 2 rings (SSSR count). The van der Waals surface area contributed by atoms with Crippen LogP contribution in [0.1, 0.15) is 37.6 Å². The van der Waals surface area contributed by atoms with Gasteiger partial charge < -0.3 is 4.90 Å². The van der Waals surface area contributed by atoms with Crippen LogP contribution in [0.3, 0.4) is 0 Å². The van der Waals surface area contributed by atoms with E-state index in [-0.39, 0.29) is 5.78 Å². The Morgan fingerprint density at radius 1 is 1.40 bits per heavy atom. The summed E-state index contributed by atoms with van der Waals surface area (Å²) in [4.78, 5) is 16.3. The molecule has 1 saturated heterocycles. The van der Waals surface area contributed by atoms with Crippen LogP contribution in [-0.4, -0.2) is 42.9 Å². The largest absolute Gasteiger partial charge is 0.370 e. The number of benzene rings is 1. The Morgan fingerprint density at radius 2 is 2.10 bits per heavy atom. The Hall–Kier alpha value is -1.06. The molecular weight excluding hydrogens is 272 g/mol. The Balaban J connectivity index is 2.10. The third kappa shape index (κ3) is 3.15. The van der Waals surface area contributed by atoms with Crippen LogP contribution in [0.4, 0.5) is 5.69 Å². The number of hydrogen-bond donors (Lipinski definition) is 0. The van der Waals surface area contributed by atoms with E-state index in [9.17, 15) is 4.79 Å². The molecule has 0 spiro atoms. The third-order valence-electron chi connectivity index (χ3n) is 4.19. The summed E-state index contributed by atoms with van der Waals surface area (Å²) in [6.45, 7) is 10.3. The lowest BCUT2D eigenvalue weighted by Crippen LogP contribution is -2.37. The fraction of sp³-hybridized carbons (Fsp3) is 0.562. The molecule has 20 heavy (non-hydrogen) atoms. The van der Waals surface area contributed by atoms with E-state index in [0.29, 0.717) is 16.6 Å². The van der Waals surface area contributed by atoms with Crippen molar-refractivity contribution in [3.05, 3.63) is 28.8 Å². The van der Waals surface area contributed by atoms with Crippen LogP contribution in [0.25, 0.3) is 0 Å². The molecule has 1 atom stereocenters. The van der Waals surface area contributed by atoms with Gasteiger partial charge >= 0.3 is 0 Å². The van der Waals surface area contributed by atoms with E-state index in [1.54, 1.807) is 6.92 Å². The van der Waals surface area contributed by atoms with Crippen molar-refractivity contribution in [3.63, 3.8) is 0 Å². The summed E-state index contributed by atoms with van der Waals surface area (Å²) in [5, 5.41) is 0.557. The van der Waals surface area contributed by atoms with Gasteiger partial charge in [0.15, 0.2) is 5.78 Å². The fourth-order valence-electron chi connectivity index (χ4n) is 3.00. The Bertz CT molecular complexity index is 485. The summed E-state index contributed by atoms with van der Waals surface area (Å²) in [6.07, 6.45) is 1.19. The first-order chi connectivity index (χ1) is 9.56. The van der Waals surface area contributed by atoms with Crippen molar-refractivity contribution in [1.82, 2.24) is 4.90 Å². The van der Waals surface area contributed by atoms with Gasteiger partial charge in [0.05, 0.1) is 5.02 Å². The van der Waals surface area contributed by atoms with E-state index >= 15 is 0 Å². The molecule has 3 nitrogen and oxygen atoms in total. The lowest BCUT2D eigenvalue weighted by Gasteiger charge is -2.26. The van der Waals surface area contributed by atoms with E-state index < -0.39 is 0 Å². The second kappa shape index (κ2) is 6.59. The van der Waals surface area contributed by atoms with E-state index in [1.165, 1.54) is 6.42 Å². The van der Waals surface area contributed by atoms with Crippen molar-refractivity contribution < 1.29 is 4.79 Å². The monoisotopic (exact) mass is 294 g/mol. The smallest absolute Gasteiger partial charge is 0.161 e. The first kappa shape index (κ1) is 15.3. The van der Waals surface area contributed by atoms with Gasteiger partial charge in [0.25, 0.3) is 0 Å². The summed E-state index contributed by atoms with van der Waals surface area (Å²) >= 11 is 6.20. The van der Waals surface area contributed by atoms with Crippen molar-refractivity contribution in [3.8, 4) is 0 Å². The molecule has 1 aliphatic heterocycles. The van der Waals surface area contributed by atoms with E-state index in [1.807, 2.05) is 18.2 Å². The maximum atomic E-state index is 11.4. The zero-order valence-corrected chi connectivity index (χ0v) is 13.3. The lowest BCUT2D eigenvalue weighted by molar-refractivity contribution is 0.101. The van der Waals surface area contributed by atoms with Gasteiger partial charge in [-0.3, -0.25) is 9.69 Å². The zero-order chi connectivity index (χ0) is 14.7. The van der Waals surface area contributed by atoms with Gasteiger partial charge in [-0.15, -0.1) is 0 Å². The van der Waals surface area contributed by atoms with Gasteiger partial charge in [-0.1, -0.05) is 25.4 Å². The highest BCUT2D eigenvalue weighted by atomic mass is 35.5. The predicted molar refractivity (Wildman–Crippen MR) is 85.0 cm³/mol. The number of carbonyl (C=O) groups is 1. The summed E-state index contributed by atoms with van der Waals surface area (Å²) in [6, 6.07) is 6.39. The molecule has 1 aromatic rings. The van der Waals surface area contributed by atoms with Crippen molar-refractivity contribution in [2.75, 3.05) is 31.1 Å². The van der Waals surface area contributed by atoms with Crippen LogP contribution in [-0.2, 0) is 0 Å². The van der Waals surface area contributed by atoms with Gasteiger partial charge in [-0.2, -0.15) is 0 Å². The average Bonchev–Trinajstić information content (AvgIpc) is 2.89. The van der Waals surface area contributed by atoms with E-state index in [2.05, 4.69) is 23.6 Å². The lowest BCUT2D eigenvalue weighted by atomic mass is 10.1. The highest BCUT2D eigenvalue weighted by Gasteiger charge is 2.26. The molecule has 0 aromatic heterocycles. The topological polar surface area (TPSA) is 23.6 Å². The van der Waals surface area contributed by atoms with Gasteiger partial charge in [0, 0.05) is 30.4 Å². The maximum Gasteiger partial charge on any atom is 0.161 e. The maximum absolute atomic E-state index is 11.4. The molecule has 4 heteroatoms. The molecule has 0 aliphatic carbocycles. The predicted octanol–water partition coefficient (Wildman–Crippen LogP) is 3.46. The van der Waals surface area contributed by atoms with Crippen LogP contribution in [0.5, 0.6) is 0 Å². The van der Waals surface area contributed by atoms with E-state index in [4.69, 9.17) is 11.6 Å². The summed E-state index contributed by atoms with van der Waals surface area (Å²) in [7, 11) is 0. The Kier molecular flexibility index (Phi) is 5.06. The molecule has 0 radical (unpaired) electrons.